The average Bonchev–Trinajstić information content (AvgIpc) is 3.36. The van der Waals surface area contributed by atoms with Gasteiger partial charge in [0.15, 0.2) is 5.94 Å². The van der Waals surface area contributed by atoms with E-state index in [2.05, 4.69) is 5.32 Å². The summed E-state index contributed by atoms with van der Waals surface area (Å²) in [7, 11) is 0. The molecule has 1 aliphatic heterocycles. The zero-order chi connectivity index (χ0) is 17.5. The Labute approximate surface area is 143 Å². The van der Waals surface area contributed by atoms with Gasteiger partial charge in [0.1, 0.15) is 11.8 Å². The van der Waals surface area contributed by atoms with E-state index in [0.29, 0.717) is 29.1 Å². The number of carbonyl (C=O) groups is 1. The van der Waals surface area contributed by atoms with E-state index >= 15 is 0 Å². The highest BCUT2D eigenvalue weighted by Gasteiger charge is 2.52. The molecule has 1 fully saturated rings. The maximum absolute atomic E-state index is 11.5. The minimum atomic E-state index is -0.870. The first-order valence-corrected chi connectivity index (χ1v) is 7.69. The molecule has 2 N–H and O–H groups in total. The predicted octanol–water partition coefficient (Wildman–Crippen LogP) is 2.96. The van der Waals surface area contributed by atoms with E-state index in [4.69, 9.17) is 16.9 Å². The number of carbonyl (C=O) groups excluding carboxylic acids is 1. The lowest BCUT2D eigenvalue weighted by Gasteiger charge is -2.19. The molecule has 1 heterocycles. The number of nitrogens with zero attached hydrogens (tertiary/aromatic N) is 1. The molecule has 1 saturated carbocycles. The number of carboxylic acids is 1. The van der Waals surface area contributed by atoms with Gasteiger partial charge in [-0.2, -0.15) is 5.26 Å². The van der Waals surface area contributed by atoms with Crippen LogP contribution in [0.1, 0.15) is 30.9 Å². The summed E-state index contributed by atoms with van der Waals surface area (Å²) in [6.07, 6.45) is 2.76. The topological polar surface area (TPSA) is 90.2 Å². The van der Waals surface area contributed by atoms with Crippen molar-refractivity contribution in [2.24, 2.45) is 0 Å². The van der Waals surface area contributed by atoms with Crippen molar-refractivity contribution in [1.29, 1.82) is 5.26 Å². The molecule has 0 bridgehead atoms. The highest BCUT2D eigenvalue weighted by atomic mass is 35.5. The van der Waals surface area contributed by atoms with Gasteiger partial charge in [0.2, 0.25) is 0 Å². The summed E-state index contributed by atoms with van der Waals surface area (Å²) in [5.41, 5.74) is 2.19. The molecule has 0 spiro atoms. The van der Waals surface area contributed by atoms with Gasteiger partial charge in [-0.05, 0) is 43.0 Å². The minimum absolute atomic E-state index is 0.101. The van der Waals surface area contributed by atoms with Crippen molar-refractivity contribution in [1.82, 2.24) is 5.32 Å². The van der Waals surface area contributed by atoms with Gasteiger partial charge in [-0.1, -0.05) is 23.7 Å². The molecular weight excluding hydrogens is 328 g/mol. The summed E-state index contributed by atoms with van der Waals surface area (Å²) < 4.78 is 0. The number of aliphatic carboxylic acids is 1. The molecular formula is C18H13ClN2O3. The first kappa shape index (κ1) is 16.1. The fourth-order valence-electron chi connectivity index (χ4n) is 2.91. The van der Waals surface area contributed by atoms with Crippen LogP contribution < -0.4 is 5.32 Å². The molecule has 0 atom stereocenters. The van der Waals surface area contributed by atoms with Crippen molar-refractivity contribution >= 4 is 29.1 Å². The van der Waals surface area contributed by atoms with E-state index in [1.54, 1.807) is 37.1 Å². The summed E-state index contributed by atoms with van der Waals surface area (Å²) in [4.78, 5) is 22.3. The Hall–Kier alpha value is -2.80. The van der Waals surface area contributed by atoms with E-state index in [1.807, 2.05) is 6.07 Å². The van der Waals surface area contributed by atoms with Gasteiger partial charge in [0, 0.05) is 16.3 Å². The fraction of sp³-hybridized carbons (Fsp3) is 0.222. The van der Waals surface area contributed by atoms with Crippen molar-refractivity contribution in [3.05, 3.63) is 57.4 Å². The normalized spacial score (nSPS) is 18.2. The Morgan fingerprint density at radius 2 is 2.12 bits per heavy atom. The van der Waals surface area contributed by atoms with Gasteiger partial charge in [-0.15, -0.1) is 0 Å². The SMILES string of the molecule is CC1=C(c2ccc(C3(C(=O)O)CC3)c(Cl)c2)C=C(C#N)C(=C=O)N1. The maximum Gasteiger partial charge on any atom is 0.314 e. The molecule has 6 heteroatoms. The molecule has 1 aromatic carbocycles. The van der Waals surface area contributed by atoms with Gasteiger partial charge >= 0.3 is 5.97 Å². The molecule has 0 radical (unpaired) electrons. The van der Waals surface area contributed by atoms with Crippen molar-refractivity contribution in [2.75, 3.05) is 0 Å². The molecule has 1 aromatic rings. The van der Waals surface area contributed by atoms with Gasteiger partial charge in [-0.25, -0.2) is 4.79 Å². The number of benzene rings is 1. The number of nitrogens with one attached hydrogen (secondary N) is 1. The van der Waals surface area contributed by atoms with Crippen LogP contribution in [0.2, 0.25) is 5.02 Å². The standard InChI is InChI=1S/C18H13ClN2O3/c1-10-13(6-12(8-20)16(9-22)21-10)11-2-3-14(15(19)7-11)18(4-5-18)17(23)24/h2-3,6-7,21H,4-5H2,1H3,(H,23,24). The summed E-state index contributed by atoms with van der Waals surface area (Å²) >= 11 is 6.33. The second kappa shape index (κ2) is 5.68. The molecule has 120 valence electrons. The van der Waals surface area contributed by atoms with E-state index in [0.717, 1.165) is 11.1 Å². The molecule has 0 aromatic heterocycles. The third-order valence-corrected chi connectivity index (χ3v) is 4.76. The first-order valence-electron chi connectivity index (χ1n) is 7.32. The largest absolute Gasteiger partial charge is 0.481 e. The lowest BCUT2D eigenvalue weighted by atomic mass is 9.91. The number of halogens is 1. The van der Waals surface area contributed by atoms with Crippen molar-refractivity contribution < 1.29 is 14.7 Å². The second-order valence-electron chi connectivity index (χ2n) is 5.89. The van der Waals surface area contributed by atoms with Crippen molar-refractivity contribution in [2.45, 2.75) is 25.2 Å². The predicted molar refractivity (Wildman–Crippen MR) is 88.6 cm³/mol. The molecule has 3 rings (SSSR count). The smallest absolute Gasteiger partial charge is 0.314 e. The number of carboxylic acid groups (broad SMARTS) is 1. The summed E-state index contributed by atoms with van der Waals surface area (Å²) in [5, 5.41) is 21.8. The molecule has 0 unspecified atom stereocenters. The number of hydrogen-bond acceptors (Lipinski definition) is 4. The third-order valence-electron chi connectivity index (χ3n) is 4.45. The van der Waals surface area contributed by atoms with Gasteiger partial charge in [-0.3, -0.25) is 4.79 Å². The van der Waals surface area contributed by atoms with Crippen LogP contribution in [0.3, 0.4) is 0 Å². The van der Waals surface area contributed by atoms with Crippen molar-refractivity contribution in [3.8, 4) is 6.07 Å². The molecule has 24 heavy (non-hydrogen) atoms. The number of allylic oxidation sites excluding steroid dienone is 4. The molecule has 0 amide bonds. The van der Waals surface area contributed by atoms with E-state index in [9.17, 15) is 14.7 Å². The van der Waals surface area contributed by atoms with Crippen LogP contribution in [0.4, 0.5) is 0 Å². The molecule has 0 saturated heterocycles. The third kappa shape index (κ3) is 2.43. The van der Waals surface area contributed by atoms with Crippen LogP contribution in [0.5, 0.6) is 0 Å². The van der Waals surface area contributed by atoms with Gasteiger partial charge in [0.05, 0.1) is 11.0 Å². The zero-order valence-corrected chi connectivity index (χ0v) is 13.6. The first-order chi connectivity index (χ1) is 11.4. The average molecular weight is 341 g/mol. The van der Waals surface area contributed by atoms with Crippen molar-refractivity contribution in [3.63, 3.8) is 0 Å². The van der Waals surface area contributed by atoms with Crippen LogP contribution in [0.25, 0.3) is 5.57 Å². The van der Waals surface area contributed by atoms with E-state index in [1.165, 1.54) is 0 Å². The molecule has 2 aliphatic rings. The van der Waals surface area contributed by atoms with E-state index in [-0.39, 0.29) is 11.3 Å². The summed E-state index contributed by atoms with van der Waals surface area (Å²) in [6, 6.07) is 7.16. The fourth-order valence-corrected chi connectivity index (χ4v) is 3.27. The van der Waals surface area contributed by atoms with Crippen LogP contribution in [-0.2, 0) is 15.0 Å². The Morgan fingerprint density at radius 1 is 1.42 bits per heavy atom. The lowest BCUT2D eigenvalue weighted by molar-refractivity contribution is -0.140. The van der Waals surface area contributed by atoms with Crippen LogP contribution >= 0.6 is 11.6 Å². The zero-order valence-electron chi connectivity index (χ0n) is 12.8. The minimum Gasteiger partial charge on any atom is -0.481 e. The Morgan fingerprint density at radius 3 is 2.62 bits per heavy atom. The highest BCUT2D eigenvalue weighted by molar-refractivity contribution is 6.32. The Balaban J connectivity index is 2.05. The van der Waals surface area contributed by atoms with Crippen LogP contribution in [0, 0.1) is 11.3 Å². The monoisotopic (exact) mass is 340 g/mol. The quantitative estimate of drug-likeness (QED) is 0.825. The number of dihydropyridines is 1. The number of rotatable bonds is 3. The van der Waals surface area contributed by atoms with E-state index < -0.39 is 11.4 Å². The maximum atomic E-state index is 11.5. The number of nitriles is 1. The molecule has 1 aliphatic carbocycles. The highest BCUT2D eigenvalue weighted by Crippen LogP contribution is 2.51. The molecule has 5 nitrogen and oxygen atoms in total. The summed E-state index contributed by atoms with van der Waals surface area (Å²) in [5.74, 6) is 0.846. The number of hydrogen-bond donors (Lipinski definition) is 2. The Kier molecular flexibility index (Phi) is 3.81. The van der Waals surface area contributed by atoms with Crippen LogP contribution in [-0.4, -0.2) is 17.0 Å². The second-order valence-corrected chi connectivity index (χ2v) is 6.30. The lowest BCUT2D eigenvalue weighted by Crippen LogP contribution is -2.20. The van der Waals surface area contributed by atoms with Gasteiger partial charge in [0.25, 0.3) is 0 Å². The Bertz CT molecular complexity index is 911. The summed E-state index contributed by atoms with van der Waals surface area (Å²) in [6.45, 7) is 1.78. The van der Waals surface area contributed by atoms with Gasteiger partial charge < -0.3 is 10.4 Å². The van der Waals surface area contributed by atoms with Crippen LogP contribution in [0.15, 0.2) is 41.2 Å².